The molecule has 0 saturated carbocycles. The maximum atomic E-state index is 12.8. The SMILES string of the molecule is O=C(O)CC1CCN(C(=O)[C@@H]2CO[C@H](CNC(=O)OCC3c4ccccc4-c4ccccc43)C2)C1. The molecule has 3 atom stereocenters. The molecule has 0 bridgehead atoms. The zero-order valence-corrected chi connectivity index (χ0v) is 19.5. The lowest BCUT2D eigenvalue weighted by molar-refractivity contribution is -0.139. The number of nitrogens with zero attached hydrogens (tertiary/aromatic N) is 1. The molecule has 2 fully saturated rings. The summed E-state index contributed by atoms with van der Waals surface area (Å²) in [6.45, 7) is 1.93. The molecule has 2 aliphatic heterocycles. The number of alkyl carbamates (subject to hydrolysis) is 1. The van der Waals surface area contributed by atoms with Gasteiger partial charge in [-0.15, -0.1) is 0 Å². The van der Waals surface area contributed by atoms with Crippen molar-refractivity contribution < 1.29 is 29.0 Å². The molecule has 2 N–H and O–H groups in total. The highest BCUT2D eigenvalue weighted by molar-refractivity contribution is 5.80. The van der Waals surface area contributed by atoms with E-state index < -0.39 is 12.1 Å². The highest BCUT2D eigenvalue weighted by Crippen LogP contribution is 2.44. The highest BCUT2D eigenvalue weighted by Gasteiger charge is 2.37. The van der Waals surface area contributed by atoms with E-state index in [0.29, 0.717) is 26.1 Å². The van der Waals surface area contributed by atoms with E-state index in [-0.39, 0.29) is 49.3 Å². The number of carbonyl (C=O) groups is 3. The minimum atomic E-state index is -0.826. The second-order valence-electron chi connectivity index (χ2n) is 9.63. The number of aliphatic carboxylic acids is 1. The molecule has 1 unspecified atom stereocenters. The molecule has 2 amide bonds. The van der Waals surface area contributed by atoms with Crippen LogP contribution in [0, 0.1) is 11.8 Å². The first-order valence-corrected chi connectivity index (χ1v) is 12.2. The van der Waals surface area contributed by atoms with E-state index >= 15 is 0 Å². The Kier molecular flexibility index (Phi) is 6.72. The molecular weight excluding hydrogens is 448 g/mol. The van der Waals surface area contributed by atoms with Gasteiger partial charge in [-0.25, -0.2) is 4.79 Å². The van der Waals surface area contributed by atoms with Crippen LogP contribution in [-0.4, -0.2) is 66.9 Å². The molecule has 8 nitrogen and oxygen atoms in total. The molecule has 8 heteroatoms. The zero-order chi connectivity index (χ0) is 24.4. The molecule has 35 heavy (non-hydrogen) atoms. The predicted octanol–water partition coefficient (Wildman–Crippen LogP) is 3.25. The Morgan fingerprint density at radius 3 is 2.43 bits per heavy atom. The molecule has 1 aliphatic carbocycles. The number of likely N-dealkylation sites (tertiary alicyclic amines) is 1. The average Bonchev–Trinajstić information content (AvgIpc) is 3.59. The molecule has 0 spiro atoms. The van der Waals surface area contributed by atoms with Crippen molar-refractivity contribution in [2.45, 2.75) is 31.3 Å². The van der Waals surface area contributed by atoms with Gasteiger partial charge in [0.1, 0.15) is 6.61 Å². The van der Waals surface area contributed by atoms with Crippen LogP contribution in [-0.2, 0) is 19.1 Å². The van der Waals surface area contributed by atoms with Gasteiger partial charge in [-0.2, -0.15) is 0 Å². The van der Waals surface area contributed by atoms with Crippen molar-refractivity contribution in [1.29, 1.82) is 0 Å². The number of carbonyl (C=O) groups excluding carboxylic acids is 2. The Labute approximate surface area is 204 Å². The Hall–Kier alpha value is -3.39. The topological polar surface area (TPSA) is 105 Å². The van der Waals surface area contributed by atoms with Gasteiger partial charge >= 0.3 is 12.1 Å². The van der Waals surface area contributed by atoms with Gasteiger partial charge in [0.05, 0.1) is 18.6 Å². The number of carboxylic acids is 1. The van der Waals surface area contributed by atoms with E-state index in [1.807, 2.05) is 24.3 Å². The number of carboxylic acid groups (broad SMARTS) is 1. The minimum Gasteiger partial charge on any atom is -0.481 e. The van der Waals surface area contributed by atoms with Crippen molar-refractivity contribution in [1.82, 2.24) is 10.2 Å². The van der Waals surface area contributed by atoms with E-state index in [2.05, 4.69) is 29.6 Å². The van der Waals surface area contributed by atoms with Crippen LogP contribution in [0.4, 0.5) is 4.79 Å². The number of benzene rings is 2. The molecule has 2 heterocycles. The monoisotopic (exact) mass is 478 g/mol. The average molecular weight is 479 g/mol. The lowest BCUT2D eigenvalue weighted by Gasteiger charge is -2.19. The van der Waals surface area contributed by atoms with Crippen LogP contribution in [0.1, 0.15) is 36.3 Å². The first-order chi connectivity index (χ1) is 17.0. The molecule has 2 saturated heterocycles. The highest BCUT2D eigenvalue weighted by atomic mass is 16.5. The fraction of sp³-hybridized carbons (Fsp3) is 0.444. The molecule has 0 radical (unpaired) electrons. The number of nitrogens with one attached hydrogen (secondary N) is 1. The Bertz CT molecular complexity index is 1070. The third-order valence-electron chi connectivity index (χ3n) is 7.31. The summed E-state index contributed by atoms with van der Waals surface area (Å²) in [6.07, 6.45) is 0.599. The van der Waals surface area contributed by atoms with E-state index in [4.69, 9.17) is 14.6 Å². The lowest BCUT2D eigenvalue weighted by atomic mass is 9.98. The number of fused-ring (bicyclic) bond motifs is 3. The lowest BCUT2D eigenvalue weighted by Crippen LogP contribution is -2.36. The van der Waals surface area contributed by atoms with Gasteiger partial charge in [-0.1, -0.05) is 48.5 Å². The third-order valence-corrected chi connectivity index (χ3v) is 7.31. The third kappa shape index (κ3) is 5.03. The van der Waals surface area contributed by atoms with Crippen LogP contribution in [0.3, 0.4) is 0 Å². The zero-order valence-electron chi connectivity index (χ0n) is 19.5. The summed E-state index contributed by atoms with van der Waals surface area (Å²) in [5, 5.41) is 11.7. The van der Waals surface area contributed by atoms with Crippen LogP contribution < -0.4 is 5.32 Å². The van der Waals surface area contributed by atoms with Gasteiger partial charge in [-0.3, -0.25) is 9.59 Å². The van der Waals surface area contributed by atoms with Gasteiger partial charge in [0.25, 0.3) is 0 Å². The summed E-state index contributed by atoms with van der Waals surface area (Å²) in [5.41, 5.74) is 4.68. The summed E-state index contributed by atoms with van der Waals surface area (Å²) in [6, 6.07) is 16.4. The molecule has 3 aliphatic rings. The summed E-state index contributed by atoms with van der Waals surface area (Å²) in [5.74, 6) is -1.05. The second kappa shape index (κ2) is 10.1. The van der Waals surface area contributed by atoms with Crippen LogP contribution >= 0.6 is 0 Å². The number of amides is 2. The maximum absolute atomic E-state index is 12.8. The van der Waals surface area contributed by atoms with E-state index in [9.17, 15) is 14.4 Å². The molecule has 0 aromatic heterocycles. The summed E-state index contributed by atoms with van der Waals surface area (Å²) in [7, 11) is 0. The van der Waals surface area contributed by atoms with Gasteiger partial charge in [0.2, 0.25) is 5.91 Å². The summed E-state index contributed by atoms with van der Waals surface area (Å²) in [4.78, 5) is 37.9. The smallest absolute Gasteiger partial charge is 0.407 e. The van der Waals surface area contributed by atoms with Gasteiger partial charge in [0.15, 0.2) is 0 Å². The Morgan fingerprint density at radius 2 is 1.74 bits per heavy atom. The number of hydrogen-bond acceptors (Lipinski definition) is 5. The Balaban J connectivity index is 1.08. The van der Waals surface area contributed by atoms with E-state index in [1.54, 1.807) is 4.90 Å². The molecule has 2 aromatic carbocycles. The molecule has 5 rings (SSSR count). The number of ether oxygens (including phenoxy) is 2. The number of rotatable bonds is 7. The normalized spacial score (nSPS) is 23.1. The van der Waals surface area contributed by atoms with Crippen LogP contribution in [0.5, 0.6) is 0 Å². The van der Waals surface area contributed by atoms with Crippen LogP contribution in [0.2, 0.25) is 0 Å². The van der Waals surface area contributed by atoms with Crippen molar-refractivity contribution in [3.05, 3.63) is 59.7 Å². The van der Waals surface area contributed by atoms with Crippen molar-refractivity contribution in [2.75, 3.05) is 32.8 Å². The first kappa shape index (κ1) is 23.4. The summed E-state index contributed by atoms with van der Waals surface area (Å²) < 4.78 is 11.3. The molecular formula is C27H30N2O6. The molecule has 2 aromatic rings. The van der Waals surface area contributed by atoms with Gasteiger partial charge in [-0.05, 0) is 41.0 Å². The largest absolute Gasteiger partial charge is 0.481 e. The maximum Gasteiger partial charge on any atom is 0.407 e. The van der Waals surface area contributed by atoms with Gasteiger partial charge < -0.3 is 24.8 Å². The standard InChI is InChI=1S/C27H30N2O6/c30-25(31)11-17-9-10-29(14-17)26(32)18-12-19(34-15-18)13-28-27(33)35-16-24-22-7-3-1-5-20(22)21-6-2-4-8-23(21)24/h1-8,17-19,24H,9-16H2,(H,28,33)(H,30,31)/t17?,18-,19-/m0/s1. The van der Waals surface area contributed by atoms with Crippen molar-refractivity contribution in [2.24, 2.45) is 11.8 Å². The fourth-order valence-electron chi connectivity index (χ4n) is 5.57. The van der Waals surface area contributed by atoms with Crippen molar-refractivity contribution in [3.8, 4) is 11.1 Å². The predicted molar refractivity (Wildman–Crippen MR) is 128 cm³/mol. The molecule has 184 valence electrons. The van der Waals surface area contributed by atoms with Crippen LogP contribution in [0.15, 0.2) is 48.5 Å². The number of hydrogen-bond donors (Lipinski definition) is 2. The van der Waals surface area contributed by atoms with Crippen molar-refractivity contribution >= 4 is 18.0 Å². The second-order valence-corrected chi connectivity index (χ2v) is 9.63. The van der Waals surface area contributed by atoms with E-state index in [1.165, 1.54) is 11.1 Å². The Morgan fingerprint density at radius 1 is 1.06 bits per heavy atom. The first-order valence-electron chi connectivity index (χ1n) is 12.2. The van der Waals surface area contributed by atoms with Crippen molar-refractivity contribution in [3.63, 3.8) is 0 Å². The fourth-order valence-corrected chi connectivity index (χ4v) is 5.57. The van der Waals surface area contributed by atoms with E-state index in [0.717, 1.165) is 17.5 Å². The quantitative estimate of drug-likeness (QED) is 0.633. The van der Waals surface area contributed by atoms with Gasteiger partial charge in [0, 0.05) is 32.0 Å². The summed E-state index contributed by atoms with van der Waals surface area (Å²) >= 11 is 0. The minimum absolute atomic E-state index is 0.00305. The van der Waals surface area contributed by atoms with Crippen LogP contribution in [0.25, 0.3) is 11.1 Å².